The summed E-state index contributed by atoms with van der Waals surface area (Å²) in [5, 5.41) is 6.95. The Bertz CT molecular complexity index is 738. The summed E-state index contributed by atoms with van der Waals surface area (Å²) in [6.45, 7) is 4.13. The van der Waals surface area contributed by atoms with E-state index in [-0.39, 0.29) is 11.8 Å². The van der Waals surface area contributed by atoms with Crippen molar-refractivity contribution >= 4 is 6.03 Å². The van der Waals surface area contributed by atoms with Gasteiger partial charge in [0.15, 0.2) is 5.76 Å². The molecule has 6 nitrogen and oxygen atoms in total. The van der Waals surface area contributed by atoms with Gasteiger partial charge in [-0.05, 0) is 37.1 Å². The third-order valence-corrected chi connectivity index (χ3v) is 4.97. The minimum Gasteiger partial charge on any atom is -0.359 e. The smallest absolute Gasteiger partial charge is 0.317 e. The Hall–Kier alpha value is -2.41. The molecule has 2 fully saturated rings. The van der Waals surface area contributed by atoms with Gasteiger partial charge in [0.2, 0.25) is 0 Å². The molecule has 1 N–H and O–H groups in total. The minimum atomic E-state index is -0.262. The highest BCUT2D eigenvalue weighted by Crippen LogP contribution is 2.23. The van der Waals surface area contributed by atoms with Gasteiger partial charge in [-0.3, -0.25) is 4.90 Å². The van der Waals surface area contributed by atoms with Crippen LogP contribution < -0.4 is 5.32 Å². The second kappa shape index (κ2) is 6.84. The van der Waals surface area contributed by atoms with Crippen molar-refractivity contribution in [3.63, 3.8) is 0 Å². The number of benzene rings is 1. The van der Waals surface area contributed by atoms with Crippen LogP contribution >= 0.6 is 0 Å². The van der Waals surface area contributed by atoms with E-state index >= 15 is 0 Å². The highest BCUT2D eigenvalue weighted by atomic mass is 19.1. The number of rotatable bonds is 4. The Labute approximate surface area is 145 Å². The van der Waals surface area contributed by atoms with Crippen LogP contribution in [0.4, 0.5) is 9.18 Å². The fraction of sp³-hybridized carbons (Fsp3) is 0.444. The van der Waals surface area contributed by atoms with E-state index in [0.717, 1.165) is 56.0 Å². The van der Waals surface area contributed by atoms with Crippen molar-refractivity contribution in [1.82, 2.24) is 20.3 Å². The molecule has 4 rings (SSSR count). The molecular formula is C18H21FN4O2. The number of likely N-dealkylation sites (tertiary alicyclic amines) is 1. The summed E-state index contributed by atoms with van der Waals surface area (Å²) in [7, 11) is 0. The van der Waals surface area contributed by atoms with Gasteiger partial charge < -0.3 is 14.7 Å². The van der Waals surface area contributed by atoms with Crippen LogP contribution in [0.25, 0.3) is 11.3 Å². The first-order valence-corrected chi connectivity index (χ1v) is 8.67. The first-order valence-electron chi connectivity index (χ1n) is 8.67. The summed E-state index contributed by atoms with van der Waals surface area (Å²) in [5.74, 6) is 0.540. The highest BCUT2D eigenvalue weighted by Gasteiger charge is 2.30. The monoisotopic (exact) mass is 344 g/mol. The normalized spacial score (nSPS) is 19.4. The molecule has 1 aromatic heterocycles. The van der Waals surface area contributed by atoms with Crippen LogP contribution in [0.5, 0.6) is 0 Å². The Morgan fingerprint density at radius 1 is 1.20 bits per heavy atom. The largest absolute Gasteiger partial charge is 0.359 e. The average molecular weight is 344 g/mol. The highest BCUT2D eigenvalue weighted by molar-refractivity contribution is 5.76. The fourth-order valence-corrected chi connectivity index (χ4v) is 3.59. The maximum absolute atomic E-state index is 13.0. The van der Waals surface area contributed by atoms with E-state index in [9.17, 15) is 9.18 Å². The quantitative estimate of drug-likeness (QED) is 0.926. The molecule has 0 unspecified atom stereocenters. The molecule has 0 radical (unpaired) electrons. The molecule has 2 amide bonds. The molecular weight excluding hydrogens is 323 g/mol. The molecule has 3 heterocycles. The lowest BCUT2D eigenvalue weighted by atomic mass is 10.0. The van der Waals surface area contributed by atoms with Crippen molar-refractivity contribution in [2.75, 3.05) is 26.2 Å². The molecule has 0 bridgehead atoms. The van der Waals surface area contributed by atoms with Crippen LogP contribution in [0.15, 0.2) is 34.9 Å². The van der Waals surface area contributed by atoms with Gasteiger partial charge in [0.25, 0.3) is 0 Å². The van der Waals surface area contributed by atoms with Crippen LogP contribution in [-0.4, -0.2) is 53.2 Å². The molecule has 2 aliphatic rings. The maximum atomic E-state index is 13.0. The van der Waals surface area contributed by atoms with Crippen molar-refractivity contribution in [2.45, 2.75) is 25.4 Å². The first-order chi connectivity index (χ1) is 12.2. The molecule has 0 aliphatic carbocycles. The van der Waals surface area contributed by atoms with Crippen molar-refractivity contribution in [2.24, 2.45) is 0 Å². The lowest BCUT2D eigenvalue weighted by Crippen LogP contribution is -2.45. The lowest BCUT2D eigenvalue weighted by molar-refractivity contribution is 0.125. The number of amides is 2. The third kappa shape index (κ3) is 3.51. The van der Waals surface area contributed by atoms with Gasteiger partial charge >= 0.3 is 6.03 Å². The number of urea groups is 1. The Balaban J connectivity index is 1.33. The van der Waals surface area contributed by atoms with Crippen LogP contribution in [0, 0.1) is 5.82 Å². The van der Waals surface area contributed by atoms with Crippen molar-refractivity contribution in [1.29, 1.82) is 0 Å². The van der Waals surface area contributed by atoms with E-state index in [2.05, 4.69) is 15.4 Å². The van der Waals surface area contributed by atoms with Crippen molar-refractivity contribution < 1.29 is 13.7 Å². The predicted octanol–water partition coefficient (Wildman–Crippen LogP) is 2.47. The summed E-state index contributed by atoms with van der Waals surface area (Å²) in [6, 6.07) is 8.55. The molecule has 0 atom stereocenters. The van der Waals surface area contributed by atoms with Crippen molar-refractivity contribution in [3.05, 3.63) is 41.9 Å². The number of hydrogen-bond acceptors (Lipinski definition) is 4. The number of nitrogens with one attached hydrogen (secondary N) is 1. The molecule has 25 heavy (non-hydrogen) atoms. The minimum absolute atomic E-state index is 0.0672. The number of halogens is 1. The number of hydrogen-bond donors (Lipinski definition) is 1. The zero-order valence-electron chi connectivity index (χ0n) is 13.9. The third-order valence-electron chi connectivity index (χ3n) is 4.97. The number of carbonyl (C=O) groups excluding carboxylic acids is 1. The van der Waals surface area contributed by atoms with Crippen LogP contribution in [0.1, 0.15) is 18.6 Å². The summed E-state index contributed by atoms with van der Waals surface area (Å²) in [5.41, 5.74) is 1.56. The van der Waals surface area contributed by atoms with Crippen LogP contribution in [0.3, 0.4) is 0 Å². The van der Waals surface area contributed by atoms with E-state index < -0.39 is 0 Å². The van der Waals surface area contributed by atoms with Gasteiger partial charge in [-0.1, -0.05) is 5.16 Å². The molecule has 2 aromatic rings. The first kappa shape index (κ1) is 16.1. The fourth-order valence-electron chi connectivity index (χ4n) is 3.59. The topological polar surface area (TPSA) is 61.6 Å². The summed E-state index contributed by atoms with van der Waals surface area (Å²) < 4.78 is 18.4. The van der Waals surface area contributed by atoms with E-state index in [1.807, 2.05) is 11.0 Å². The van der Waals surface area contributed by atoms with E-state index in [0.29, 0.717) is 12.6 Å². The average Bonchev–Trinajstić information content (AvgIpc) is 3.26. The summed E-state index contributed by atoms with van der Waals surface area (Å²) >= 11 is 0. The second-order valence-electron chi connectivity index (χ2n) is 6.62. The molecule has 1 aromatic carbocycles. The maximum Gasteiger partial charge on any atom is 0.317 e. The molecule has 2 saturated heterocycles. The molecule has 2 aliphatic heterocycles. The molecule has 132 valence electrons. The number of carbonyl (C=O) groups is 1. The summed E-state index contributed by atoms with van der Waals surface area (Å²) in [6.07, 6.45) is 1.96. The predicted molar refractivity (Wildman–Crippen MR) is 90.3 cm³/mol. The van der Waals surface area contributed by atoms with E-state index in [4.69, 9.17) is 4.52 Å². The number of aromatic nitrogens is 1. The zero-order chi connectivity index (χ0) is 17.2. The molecule has 0 spiro atoms. The number of piperidine rings is 1. The zero-order valence-corrected chi connectivity index (χ0v) is 13.9. The van der Waals surface area contributed by atoms with E-state index in [1.54, 1.807) is 12.1 Å². The van der Waals surface area contributed by atoms with Gasteiger partial charge in [-0.15, -0.1) is 0 Å². The van der Waals surface area contributed by atoms with Crippen LogP contribution in [0.2, 0.25) is 0 Å². The Morgan fingerprint density at radius 3 is 2.64 bits per heavy atom. The van der Waals surface area contributed by atoms with Gasteiger partial charge in [0, 0.05) is 43.9 Å². The Morgan fingerprint density at radius 2 is 1.96 bits per heavy atom. The van der Waals surface area contributed by atoms with Gasteiger partial charge in [0.1, 0.15) is 11.5 Å². The van der Waals surface area contributed by atoms with Crippen LogP contribution in [-0.2, 0) is 6.54 Å². The SMILES string of the molecule is O=C1NCCN1C1CCN(Cc2cc(-c3ccc(F)cc3)no2)CC1. The lowest BCUT2D eigenvalue weighted by Gasteiger charge is -2.35. The second-order valence-corrected chi connectivity index (χ2v) is 6.62. The standard InChI is InChI=1S/C18H21FN4O2/c19-14-3-1-13(2-4-14)17-11-16(25-21-17)12-22-8-5-15(6-9-22)23-10-7-20-18(23)24/h1-4,11,15H,5-10,12H2,(H,20,24). The summed E-state index contributed by atoms with van der Waals surface area (Å²) in [4.78, 5) is 16.0. The Kier molecular flexibility index (Phi) is 4.40. The van der Waals surface area contributed by atoms with E-state index in [1.165, 1.54) is 12.1 Å². The molecule has 7 heteroatoms. The number of nitrogens with zero attached hydrogens (tertiary/aromatic N) is 3. The van der Waals surface area contributed by atoms with Gasteiger partial charge in [-0.25, -0.2) is 9.18 Å². The van der Waals surface area contributed by atoms with Gasteiger partial charge in [-0.2, -0.15) is 0 Å². The molecule has 0 saturated carbocycles. The van der Waals surface area contributed by atoms with Gasteiger partial charge in [0.05, 0.1) is 6.54 Å². The van der Waals surface area contributed by atoms with Crippen molar-refractivity contribution in [3.8, 4) is 11.3 Å².